The normalized spacial score (nSPS) is 19.2. The van der Waals surface area contributed by atoms with Gasteiger partial charge in [-0.1, -0.05) is 122 Å². The maximum Gasteiger partial charge on any atom is 0.0717 e. The van der Waals surface area contributed by atoms with E-state index >= 15 is 0 Å². The molecule has 0 fully saturated rings. The zero-order valence-electron chi connectivity index (χ0n) is 35.8. The summed E-state index contributed by atoms with van der Waals surface area (Å²) in [5.74, 6) is 0. The van der Waals surface area contributed by atoms with Crippen molar-refractivity contribution in [1.82, 2.24) is 0 Å². The first-order chi connectivity index (χ1) is 28.7. The number of benzene rings is 3. The molecule has 3 aromatic rings. The molecule has 300 valence electrons. The molecule has 6 rings (SSSR count). The SMILES string of the molecule is C=C/C=C(\C=C/C)CN=C(/C=C(\N=C)c1cccc(N2C(C)=C(/C=C(\C)c3ccc4c(c3)NC3=C(CCC=C3)S4)/C(=c3\ccccc3=CCC)C2C)c1)C(/C=C\C)=C/C. The quantitative estimate of drug-likeness (QED) is 0.138. The topological polar surface area (TPSA) is 40.0 Å². The standard InChI is InChI=1S/C54H58N4S/c1-10-20-40(21-11-2)36-56-50(41(14-5)22-12-3)35-49(55-9)44-25-19-26-45(33-44)58-38(7)47(54(39(58)8)46-27-16-15-24-42(46)23-13-4)32-37(6)43-30-31-53-51(34-43)57-48-28-17-18-29-52(48)59-53/h10-12,14-17,19-28,30-35,39,57H,1,9,13,18,29,36H2,2-8H3/b21-11-,22-12-,37-32+,40-20+,41-14+,42-23?,49-35-,54-46+,56-50?. The van der Waals surface area contributed by atoms with E-state index in [1.54, 1.807) is 6.08 Å². The first kappa shape index (κ1) is 42.7. The summed E-state index contributed by atoms with van der Waals surface area (Å²) in [6.45, 7) is 23.6. The van der Waals surface area contributed by atoms with Crippen LogP contribution < -0.4 is 20.7 Å². The third-order valence-electron chi connectivity index (χ3n) is 10.9. The fraction of sp³-hybridized carbons (Fsp3) is 0.222. The number of nitrogens with one attached hydrogen (secondary N) is 1. The lowest BCUT2D eigenvalue weighted by Crippen LogP contribution is -2.34. The third kappa shape index (κ3) is 9.70. The fourth-order valence-electron chi connectivity index (χ4n) is 8.08. The molecule has 0 aromatic heterocycles. The summed E-state index contributed by atoms with van der Waals surface area (Å²) in [6.07, 6.45) is 28.6. The van der Waals surface area contributed by atoms with E-state index in [-0.39, 0.29) is 6.04 Å². The van der Waals surface area contributed by atoms with Gasteiger partial charge in [-0.05, 0) is 154 Å². The average Bonchev–Trinajstić information content (AvgIpc) is 3.49. The molecular weight excluding hydrogens is 737 g/mol. The fourth-order valence-corrected chi connectivity index (χ4v) is 9.15. The van der Waals surface area contributed by atoms with Gasteiger partial charge in [-0.15, -0.1) is 0 Å². The van der Waals surface area contributed by atoms with Crippen LogP contribution in [0, 0.1) is 0 Å². The molecule has 3 aromatic carbocycles. The van der Waals surface area contributed by atoms with Crippen LogP contribution in [0.25, 0.3) is 22.9 Å². The Bertz CT molecular complexity index is 2560. The van der Waals surface area contributed by atoms with Gasteiger partial charge in [0.25, 0.3) is 0 Å². The minimum Gasteiger partial charge on any atom is -0.354 e. The lowest BCUT2D eigenvalue weighted by Gasteiger charge is -2.27. The number of allylic oxidation sites excluding steroid dienone is 14. The van der Waals surface area contributed by atoms with Crippen LogP contribution in [0.2, 0.25) is 0 Å². The van der Waals surface area contributed by atoms with Crippen LogP contribution in [0.4, 0.5) is 11.4 Å². The van der Waals surface area contributed by atoms with Gasteiger partial charge in [-0.2, -0.15) is 0 Å². The van der Waals surface area contributed by atoms with Crippen molar-refractivity contribution in [3.63, 3.8) is 0 Å². The van der Waals surface area contributed by atoms with E-state index in [2.05, 4.69) is 172 Å². The summed E-state index contributed by atoms with van der Waals surface area (Å²) in [4.78, 5) is 14.9. The molecule has 0 saturated carbocycles. The molecule has 4 nitrogen and oxygen atoms in total. The van der Waals surface area contributed by atoms with Crippen LogP contribution in [0.1, 0.15) is 78.9 Å². The molecule has 3 aliphatic rings. The smallest absolute Gasteiger partial charge is 0.0717 e. The summed E-state index contributed by atoms with van der Waals surface area (Å²) in [6, 6.07) is 24.4. The van der Waals surface area contributed by atoms with Crippen molar-refractivity contribution in [3.05, 3.63) is 195 Å². The van der Waals surface area contributed by atoms with Crippen molar-refractivity contribution in [1.29, 1.82) is 0 Å². The summed E-state index contributed by atoms with van der Waals surface area (Å²) in [5, 5.41) is 6.26. The van der Waals surface area contributed by atoms with Gasteiger partial charge >= 0.3 is 0 Å². The Morgan fingerprint density at radius 3 is 2.56 bits per heavy atom. The van der Waals surface area contributed by atoms with Gasteiger partial charge in [-0.25, -0.2) is 0 Å². The maximum absolute atomic E-state index is 5.08. The Morgan fingerprint density at radius 2 is 1.81 bits per heavy atom. The zero-order valence-corrected chi connectivity index (χ0v) is 36.7. The van der Waals surface area contributed by atoms with Crippen LogP contribution in [0.5, 0.6) is 0 Å². The van der Waals surface area contributed by atoms with Gasteiger partial charge in [-0.3, -0.25) is 9.98 Å². The molecular formula is C54H58N4S. The van der Waals surface area contributed by atoms with Gasteiger partial charge in [0.1, 0.15) is 0 Å². The minimum absolute atomic E-state index is 0.0630. The van der Waals surface area contributed by atoms with Gasteiger partial charge in [0.2, 0.25) is 0 Å². The second-order valence-corrected chi connectivity index (χ2v) is 16.0. The molecule has 2 heterocycles. The summed E-state index contributed by atoms with van der Waals surface area (Å²) in [7, 11) is 0. The highest BCUT2D eigenvalue weighted by Gasteiger charge is 2.32. The number of hydrogen-bond donors (Lipinski definition) is 1. The van der Waals surface area contributed by atoms with Gasteiger partial charge in [0.05, 0.1) is 29.7 Å². The van der Waals surface area contributed by atoms with E-state index in [9.17, 15) is 0 Å². The van der Waals surface area contributed by atoms with Gasteiger partial charge in [0, 0.05) is 32.4 Å². The summed E-state index contributed by atoms with van der Waals surface area (Å²) in [5.41, 5.74) is 14.4. The van der Waals surface area contributed by atoms with Crippen LogP contribution >= 0.6 is 11.8 Å². The number of fused-ring (bicyclic) bond motifs is 1. The van der Waals surface area contributed by atoms with Gasteiger partial charge in [0.15, 0.2) is 0 Å². The van der Waals surface area contributed by atoms with E-state index in [0.29, 0.717) is 6.54 Å². The van der Waals surface area contributed by atoms with Crippen molar-refractivity contribution in [2.75, 3.05) is 16.8 Å². The molecule has 0 saturated heterocycles. The average molecular weight is 795 g/mol. The van der Waals surface area contributed by atoms with E-state index in [0.717, 1.165) is 53.1 Å². The van der Waals surface area contributed by atoms with Crippen molar-refractivity contribution in [3.8, 4) is 0 Å². The highest BCUT2D eigenvalue weighted by atomic mass is 32.2. The van der Waals surface area contributed by atoms with Crippen molar-refractivity contribution < 1.29 is 0 Å². The van der Waals surface area contributed by atoms with Gasteiger partial charge < -0.3 is 10.2 Å². The molecule has 1 atom stereocenters. The lowest BCUT2D eigenvalue weighted by molar-refractivity contribution is 0.868. The Kier molecular flexibility index (Phi) is 14.6. The van der Waals surface area contributed by atoms with Crippen LogP contribution in [-0.2, 0) is 0 Å². The second kappa shape index (κ2) is 20.2. The number of thioether (sulfide) groups is 1. The molecule has 1 N–H and O–H groups in total. The number of anilines is 2. The first-order valence-corrected chi connectivity index (χ1v) is 21.6. The molecule has 1 aliphatic carbocycles. The van der Waals surface area contributed by atoms with E-state index < -0.39 is 0 Å². The minimum atomic E-state index is 0.0630. The summed E-state index contributed by atoms with van der Waals surface area (Å²) < 4.78 is 0. The Hall–Kier alpha value is -5.91. The monoisotopic (exact) mass is 794 g/mol. The number of rotatable bonds is 13. The highest BCUT2D eigenvalue weighted by Crippen LogP contribution is 2.45. The Labute approximate surface area is 357 Å². The molecule has 0 spiro atoms. The lowest BCUT2D eigenvalue weighted by atomic mass is 9.94. The van der Waals surface area contributed by atoms with E-state index in [1.165, 1.54) is 59.6 Å². The first-order valence-electron chi connectivity index (χ1n) is 20.8. The van der Waals surface area contributed by atoms with E-state index in [1.807, 2.05) is 50.8 Å². The van der Waals surface area contributed by atoms with Crippen LogP contribution in [0.15, 0.2) is 188 Å². The molecule has 59 heavy (non-hydrogen) atoms. The largest absolute Gasteiger partial charge is 0.354 e. The number of nitrogens with zero attached hydrogens (tertiary/aromatic N) is 3. The molecule has 0 amide bonds. The molecule has 0 bridgehead atoms. The van der Waals surface area contributed by atoms with Crippen LogP contribution in [-0.4, -0.2) is 25.0 Å². The predicted octanol–water partition coefficient (Wildman–Crippen LogP) is 13.1. The maximum atomic E-state index is 5.08. The van der Waals surface area contributed by atoms with Crippen molar-refractivity contribution in [2.45, 2.75) is 78.7 Å². The van der Waals surface area contributed by atoms with Crippen molar-refractivity contribution in [2.24, 2.45) is 9.98 Å². The highest BCUT2D eigenvalue weighted by molar-refractivity contribution is 8.03. The number of aliphatic imine (C=N–C) groups is 2. The molecule has 5 heteroatoms. The number of hydrogen-bond acceptors (Lipinski definition) is 5. The summed E-state index contributed by atoms with van der Waals surface area (Å²) >= 11 is 1.90. The molecule has 0 radical (unpaired) electrons. The zero-order chi connectivity index (χ0) is 41.9. The Morgan fingerprint density at radius 1 is 1.00 bits per heavy atom. The van der Waals surface area contributed by atoms with E-state index in [4.69, 9.17) is 4.99 Å². The van der Waals surface area contributed by atoms with Crippen LogP contribution in [0.3, 0.4) is 0 Å². The Balaban J connectivity index is 1.46. The third-order valence-corrected chi connectivity index (χ3v) is 12.2. The van der Waals surface area contributed by atoms with Crippen molar-refractivity contribution >= 4 is 58.5 Å². The predicted molar refractivity (Wildman–Crippen MR) is 261 cm³/mol. The molecule has 2 aliphatic heterocycles. The molecule has 1 unspecified atom stereocenters. The second-order valence-electron chi connectivity index (χ2n) is 14.9.